The maximum atomic E-state index is 5.47. The first-order valence-corrected chi connectivity index (χ1v) is 7.14. The van der Waals surface area contributed by atoms with Gasteiger partial charge < -0.3 is 19.7 Å². The second kappa shape index (κ2) is 7.02. The molecule has 2 atom stereocenters. The summed E-state index contributed by atoms with van der Waals surface area (Å²) < 4.78 is 10.9. The quantitative estimate of drug-likeness (QED) is 0.853. The van der Waals surface area contributed by atoms with Gasteiger partial charge in [-0.25, -0.2) is 4.98 Å². The Hall–Kier alpha value is -1.17. The van der Waals surface area contributed by atoms with Crippen LogP contribution in [0.5, 0.6) is 0 Å². The fourth-order valence-electron chi connectivity index (χ4n) is 2.43. The minimum atomic E-state index is 0.110. The molecule has 0 aliphatic carbocycles. The number of aromatic nitrogens is 1. The average molecular weight is 279 g/mol. The Balaban J connectivity index is 2.04. The minimum Gasteiger partial charge on any atom is -0.377 e. The van der Waals surface area contributed by atoms with Crippen molar-refractivity contribution < 1.29 is 9.47 Å². The van der Waals surface area contributed by atoms with E-state index in [-0.39, 0.29) is 12.2 Å². The molecule has 112 valence electrons. The lowest BCUT2D eigenvalue weighted by Crippen LogP contribution is -2.27. The lowest BCUT2D eigenvalue weighted by molar-refractivity contribution is -0.00461. The standard InChI is InChI=1S/C15H25N3O2/c1-11(2)16-8-12-6-5-7-15(17-12)18-9-13(19-3)14(10-18)20-4/h5-7,11,13-14,16H,8-10H2,1-4H3. The van der Waals surface area contributed by atoms with E-state index in [1.54, 1.807) is 14.2 Å². The molecule has 1 aliphatic rings. The van der Waals surface area contributed by atoms with Crippen LogP contribution in [-0.4, -0.2) is 50.5 Å². The second-order valence-electron chi connectivity index (χ2n) is 5.48. The maximum absolute atomic E-state index is 5.47. The number of rotatable bonds is 6. The molecular weight excluding hydrogens is 254 g/mol. The number of ether oxygens (including phenoxy) is 2. The Morgan fingerprint density at radius 3 is 2.45 bits per heavy atom. The predicted molar refractivity (Wildman–Crippen MR) is 80.0 cm³/mol. The third-order valence-corrected chi connectivity index (χ3v) is 3.63. The van der Waals surface area contributed by atoms with Crippen LogP contribution in [0.15, 0.2) is 18.2 Å². The number of anilines is 1. The van der Waals surface area contributed by atoms with E-state index in [0.717, 1.165) is 31.1 Å². The van der Waals surface area contributed by atoms with Crippen molar-refractivity contribution >= 4 is 5.82 Å². The number of methoxy groups -OCH3 is 2. The first-order valence-electron chi connectivity index (χ1n) is 7.14. The molecule has 1 aromatic rings. The summed E-state index contributed by atoms with van der Waals surface area (Å²) in [6.45, 7) is 6.71. The van der Waals surface area contributed by atoms with E-state index in [0.29, 0.717) is 6.04 Å². The Morgan fingerprint density at radius 2 is 1.90 bits per heavy atom. The normalized spacial score (nSPS) is 22.8. The van der Waals surface area contributed by atoms with Crippen LogP contribution in [0, 0.1) is 0 Å². The fraction of sp³-hybridized carbons (Fsp3) is 0.667. The zero-order chi connectivity index (χ0) is 14.5. The van der Waals surface area contributed by atoms with Gasteiger partial charge in [0, 0.05) is 39.9 Å². The largest absolute Gasteiger partial charge is 0.377 e. The third-order valence-electron chi connectivity index (χ3n) is 3.63. The molecule has 1 saturated heterocycles. The third kappa shape index (κ3) is 3.69. The second-order valence-corrected chi connectivity index (χ2v) is 5.48. The van der Waals surface area contributed by atoms with E-state index in [9.17, 15) is 0 Å². The molecule has 1 aliphatic heterocycles. The first kappa shape index (κ1) is 15.2. The summed E-state index contributed by atoms with van der Waals surface area (Å²) in [7, 11) is 3.47. The summed E-state index contributed by atoms with van der Waals surface area (Å²) in [4.78, 5) is 6.94. The molecule has 0 bridgehead atoms. The van der Waals surface area contributed by atoms with Crippen LogP contribution in [-0.2, 0) is 16.0 Å². The smallest absolute Gasteiger partial charge is 0.129 e. The lowest BCUT2D eigenvalue weighted by atomic mass is 10.3. The Bertz CT molecular complexity index is 413. The Labute approximate surface area is 121 Å². The van der Waals surface area contributed by atoms with E-state index in [2.05, 4.69) is 36.2 Å². The van der Waals surface area contributed by atoms with Gasteiger partial charge in [-0.2, -0.15) is 0 Å². The highest BCUT2D eigenvalue weighted by Gasteiger charge is 2.33. The zero-order valence-electron chi connectivity index (χ0n) is 12.8. The lowest BCUT2D eigenvalue weighted by Gasteiger charge is -2.18. The molecule has 5 nitrogen and oxygen atoms in total. The van der Waals surface area contributed by atoms with Crippen LogP contribution in [0.1, 0.15) is 19.5 Å². The summed E-state index contributed by atoms with van der Waals surface area (Å²) in [5, 5.41) is 3.39. The van der Waals surface area contributed by atoms with Crippen LogP contribution in [0.4, 0.5) is 5.82 Å². The molecule has 5 heteroatoms. The molecule has 0 spiro atoms. The topological polar surface area (TPSA) is 46.6 Å². The van der Waals surface area contributed by atoms with Gasteiger partial charge in [-0.05, 0) is 12.1 Å². The van der Waals surface area contributed by atoms with Crippen LogP contribution in [0.2, 0.25) is 0 Å². The minimum absolute atomic E-state index is 0.110. The van der Waals surface area contributed by atoms with Gasteiger partial charge in [-0.1, -0.05) is 19.9 Å². The van der Waals surface area contributed by atoms with Crippen molar-refractivity contribution in [3.05, 3.63) is 23.9 Å². The molecule has 1 N–H and O–H groups in total. The van der Waals surface area contributed by atoms with Crippen LogP contribution in [0.25, 0.3) is 0 Å². The summed E-state index contributed by atoms with van der Waals surface area (Å²) in [6.07, 6.45) is 0.221. The highest BCUT2D eigenvalue weighted by atomic mass is 16.5. The summed E-state index contributed by atoms with van der Waals surface area (Å²) >= 11 is 0. The van der Waals surface area contributed by atoms with E-state index in [1.165, 1.54) is 0 Å². The van der Waals surface area contributed by atoms with Crippen LogP contribution >= 0.6 is 0 Å². The Kier molecular flexibility index (Phi) is 5.34. The van der Waals surface area contributed by atoms with Gasteiger partial charge in [-0.15, -0.1) is 0 Å². The first-order chi connectivity index (χ1) is 9.63. The van der Waals surface area contributed by atoms with Crippen molar-refractivity contribution in [1.29, 1.82) is 0 Å². The number of nitrogens with one attached hydrogen (secondary N) is 1. The molecular formula is C15H25N3O2. The average Bonchev–Trinajstić information content (AvgIpc) is 2.88. The highest BCUT2D eigenvalue weighted by Crippen LogP contribution is 2.21. The summed E-state index contributed by atoms with van der Waals surface area (Å²) in [5.74, 6) is 0.995. The molecule has 20 heavy (non-hydrogen) atoms. The van der Waals surface area contributed by atoms with Crippen molar-refractivity contribution in [1.82, 2.24) is 10.3 Å². The number of hydrogen-bond acceptors (Lipinski definition) is 5. The maximum Gasteiger partial charge on any atom is 0.129 e. The van der Waals surface area contributed by atoms with E-state index in [4.69, 9.17) is 14.5 Å². The van der Waals surface area contributed by atoms with Crippen molar-refractivity contribution in [2.45, 2.75) is 38.6 Å². The number of nitrogens with zero attached hydrogens (tertiary/aromatic N) is 2. The van der Waals surface area contributed by atoms with Gasteiger partial charge in [0.2, 0.25) is 0 Å². The van der Waals surface area contributed by atoms with Crippen molar-refractivity contribution in [2.24, 2.45) is 0 Å². The monoisotopic (exact) mass is 279 g/mol. The molecule has 0 aromatic carbocycles. The number of hydrogen-bond donors (Lipinski definition) is 1. The van der Waals surface area contributed by atoms with Crippen molar-refractivity contribution in [3.63, 3.8) is 0 Å². The van der Waals surface area contributed by atoms with Gasteiger partial charge in [0.05, 0.1) is 5.69 Å². The summed E-state index contributed by atoms with van der Waals surface area (Å²) in [6, 6.07) is 6.62. The van der Waals surface area contributed by atoms with Gasteiger partial charge >= 0.3 is 0 Å². The van der Waals surface area contributed by atoms with E-state index in [1.807, 2.05) is 6.07 Å². The van der Waals surface area contributed by atoms with Gasteiger partial charge in [-0.3, -0.25) is 0 Å². The molecule has 1 fully saturated rings. The highest BCUT2D eigenvalue weighted by molar-refractivity contribution is 5.41. The van der Waals surface area contributed by atoms with Gasteiger partial charge in [0.1, 0.15) is 18.0 Å². The van der Waals surface area contributed by atoms with Crippen LogP contribution < -0.4 is 10.2 Å². The molecule has 2 rings (SSSR count). The van der Waals surface area contributed by atoms with Gasteiger partial charge in [0.15, 0.2) is 0 Å². The molecule has 2 unspecified atom stereocenters. The molecule has 1 aromatic heterocycles. The zero-order valence-corrected chi connectivity index (χ0v) is 12.8. The predicted octanol–water partition coefficient (Wildman–Crippen LogP) is 1.43. The van der Waals surface area contributed by atoms with Crippen LogP contribution in [0.3, 0.4) is 0 Å². The van der Waals surface area contributed by atoms with Crippen molar-refractivity contribution in [3.8, 4) is 0 Å². The number of pyridine rings is 1. The fourth-order valence-corrected chi connectivity index (χ4v) is 2.43. The Morgan fingerprint density at radius 1 is 1.25 bits per heavy atom. The summed E-state index contributed by atoms with van der Waals surface area (Å²) in [5.41, 5.74) is 1.06. The SMILES string of the molecule is COC1CN(c2cccc(CNC(C)C)n2)CC1OC. The molecule has 0 radical (unpaired) electrons. The van der Waals surface area contributed by atoms with Gasteiger partial charge in [0.25, 0.3) is 0 Å². The van der Waals surface area contributed by atoms with E-state index >= 15 is 0 Å². The molecule has 0 saturated carbocycles. The van der Waals surface area contributed by atoms with Crippen molar-refractivity contribution in [2.75, 3.05) is 32.2 Å². The molecule has 0 amide bonds. The van der Waals surface area contributed by atoms with E-state index < -0.39 is 0 Å². The molecule has 2 heterocycles.